The number of fused-ring (bicyclic) bond motifs is 3. The maximum atomic E-state index is 12.8. The van der Waals surface area contributed by atoms with Crippen molar-refractivity contribution in [1.29, 1.82) is 0 Å². The van der Waals surface area contributed by atoms with Crippen LogP contribution < -0.4 is 20.3 Å². The molecule has 1 atom stereocenters. The number of carboxylic acid groups (broad SMARTS) is 1. The minimum atomic E-state index is -4.10. The van der Waals surface area contributed by atoms with Crippen molar-refractivity contribution in [3.63, 3.8) is 0 Å². The Balaban J connectivity index is 1.55. The average molecular weight is 525 g/mol. The summed E-state index contributed by atoms with van der Waals surface area (Å²) < 4.78 is 33.7. The van der Waals surface area contributed by atoms with E-state index in [0.717, 1.165) is 5.69 Å². The van der Waals surface area contributed by atoms with Crippen LogP contribution in [0.1, 0.15) is 13.8 Å². The zero-order valence-electron chi connectivity index (χ0n) is 20.8. The third-order valence-corrected chi connectivity index (χ3v) is 7.31. The molecule has 194 valence electrons. The van der Waals surface area contributed by atoms with Crippen LogP contribution in [0.15, 0.2) is 70.0 Å². The highest BCUT2D eigenvalue weighted by Gasteiger charge is 2.28. The van der Waals surface area contributed by atoms with E-state index in [-0.39, 0.29) is 4.90 Å². The van der Waals surface area contributed by atoms with Gasteiger partial charge in [0.15, 0.2) is 0 Å². The topological polar surface area (TPSA) is 141 Å². The molecule has 3 aromatic carbocycles. The molecule has 37 heavy (non-hydrogen) atoms. The van der Waals surface area contributed by atoms with Crippen LogP contribution in [0.2, 0.25) is 0 Å². The molecule has 1 heterocycles. The lowest BCUT2D eigenvalue weighted by Crippen LogP contribution is -2.44. The Labute approximate surface area is 214 Å². The highest BCUT2D eigenvalue weighted by molar-refractivity contribution is 7.89. The van der Waals surface area contributed by atoms with Gasteiger partial charge in [0.1, 0.15) is 17.2 Å². The standard InChI is InChI=1S/C26H28N4O6S/c1-15(2)24(25(31)32)29-37(34,35)19-10-11-20-21-13-17(7-12-22(21)36-23(20)14-19)28-26(33)27-16-5-8-18(9-6-16)30(3)4/h5-15,24,29H,1-4H3,(H,31,32)(H2,27,28,33)/t24-/m0/s1. The summed E-state index contributed by atoms with van der Waals surface area (Å²) >= 11 is 0. The molecule has 4 N–H and O–H groups in total. The van der Waals surface area contributed by atoms with E-state index in [1.165, 1.54) is 12.1 Å². The summed E-state index contributed by atoms with van der Waals surface area (Å²) in [5.74, 6) is -1.69. The van der Waals surface area contributed by atoms with Crippen LogP contribution in [-0.2, 0) is 14.8 Å². The third-order valence-electron chi connectivity index (χ3n) is 5.87. The fourth-order valence-corrected chi connectivity index (χ4v) is 5.20. The maximum absolute atomic E-state index is 12.8. The fourth-order valence-electron chi connectivity index (χ4n) is 3.85. The van der Waals surface area contributed by atoms with Gasteiger partial charge in [-0.2, -0.15) is 4.72 Å². The van der Waals surface area contributed by atoms with Gasteiger partial charge in [0.2, 0.25) is 10.0 Å². The molecule has 0 fully saturated rings. The second kappa shape index (κ2) is 10.1. The van der Waals surface area contributed by atoms with E-state index in [1.54, 1.807) is 38.1 Å². The van der Waals surface area contributed by atoms with Crippen molar-refractivity contribution in [2.75, 3.05) is 29.6 Å². The van der Waals surface area contributed by atoms with Crippen LogP contribution in [-0.4, -0.2) is 45.7 Å². The fraction of sp³-hybridized carbons (Fsp3) is 0.231. The number of rotatable bonds is 8. The lowest BCUT2D eigenvalue weighted by atomic mass is 10.1. The van der Waals surface area contributed by atoms with E-state index in [0.29, 0.717) is 33.3 Å². The maximum Gasteiger partial charge on any atom is 0.323 e. The van der Waals surface area contributed by atoms with Crippen LogP contribution in [0.3, 0.4) is 0 Å². The molecule has 0 radical (unpaired) electrons. The van der Waals surface area contributed by atoms with Crippen molar-refractivity contribution < 1.29 is 27.5 Å². The van der Waals surface area contributed by atoms with Gasteiger partial charge in [0.25, 0.3) is 0 Å². The first-order valence-electron chi connectivity index (χ1n) is 11.5. The molecule has 0 spiro atoms. The van der Waals surface area contributed by atoms with Gasteiger partial charge in [-0.3, -0.25) is 4.79 Å². The number of urea groups is 1. The number of amides is 2. The predicted molar refractivity (Wildman–Crippen MR) is 144 cm³/mol. The van der Waals surface area contributed by atoms with Gasteiger partial charge in [-0.15, -0.1) is 0 Å². The van der Waals surface area contributed by atoms with Crippen molar-refractivity contribution in [2.45, 2.75) is 24.8 Å². The van der Waals surface area contributed by atoms with Crippen LogP contribution in [0.25, 0.3) is 21.9 Å². The predicted octanol–water partition coefficient (Wildman–Crippen LogP) is 4.68. The largest absolute Gasteiger partial charge is 0.480 e. The molecule has 0 aliphatic heterocycles. The molecule has 0 saturated carbocycles. The molecule has 2 amide bonds. The number of hydrogen-bond acceptors (Lipinski definition) is 6. The summed E-state index contributed by atoms with van der Waals surface area (Å²) in [6.07, 6.45) is 0. The number of nitrogens with one attached hydrogen (secondary N) is 3. The van der Waals surface area contributed by atoms with E-state index in [1.807, 2.05) is 43.3 Å². The van der Waals surface area contributed by atoms with Gasteiger partial charge in [-0.1, -0.05) is 13.8 Å². The quantitative estimate of drug-likeness (QED) is 0.262. The second-order valence-electron chi connectivity index (χ2n) is 9.17. The van der Waals surface area contributed by atoms with Crippen LogP contribution >= 0.6 is 0 Å². The molecule has 0 bridgehead atoms. The summed E-state index contributed by atoms with van der Waals surface area (Å²) in [4.78, 5) is 25.8. The van der Waals surface area contributed by atoms with Crippen molar-refractivity contribution in [3.05, 3.63) is 60.7 Å². The van der Waals surface area contributed by atoms with Crippen LogP contribution in [0.5, 0.6) is 0 Å². The van der Waals surface area contributed by atoms with E-state index < -0.39 is 34.0 Å². The summed E-state index contributed by atoms with van der Waals surface area (Å²) in [6, 6.07) is 15.2. The first-order chi connectivity index (χ1) is 17.4. The van der Waals surface area contributed by atoms with Gasteiger partial charge in [-0.25, -0.2) is 13.2 Å². The number of carbonyl (C=O) groups excluding carboxylic acids is 1. The van der Waals surface area contributed by atoms with Crippen LogP contribution in [0.4, 0.5) is 21.9 Å². The van der Waals surface area contributed by atoms with Crippen molar-refractivity contribution in [1.82, 2.24) is 4.72 Å². The smallest absolute Gasteiger partial charge is 0.323 e. The Kier molecular flexibility index (Phi) is 7.10. The third kappa shape index (κ3) is 5.68. The zero-order chi connectivity index (χ0) is 26.9. The van der Waals surface area contributed by atoms with Gasteiger partial charge >= 0.3 is 12.0 Å². The highest BCUT2D eigenvalue weighted by atomic mass is 32.2. The highest BCUT2D eigenvalue weighted by Crippen LogP contribution is 2.32. The number of aliphatic carboxylic acids is 1. The van der Waals surface area contributed by atoms with E-state index >= 15 is 0 Å². The Hall–Kier alpha value is -4.09. The van der Waals surface area contributed by atoms with Crippen molar-refractivity contribution in [3.8, 4) is 0 Å². The number of benzene rings is 3. The molecule has 0 aliphatic rings. The number of nitrogens with zero attached hydrogens (tertiary/aromatic N) is 1. The Bertz CT molecular complexity index is 1580. The lowest BCUT2D eigenvalue weighted by molar-refractivity contribution is -0.140. The SMILES string of the molecule is CC(C)[C@H](NS(=O)(=O)c1ccc2c(c1)oc1ccc(NC(=O)Nc3ccc(N(C)C)cc3)cc12)C(=O)O. The van der Waals surface area contributed by atoms with Gasteiger partial charge in [-0.05, 0) is 60.5 Å². The number of carboxylic acids is 1. The summed E-state index contributed by atoms with van der Waals surface area (Å²) in [5.41, 5.74) is 3.00. The molecular formula is C26H28N4O6S. The second-order valence-corrected chi connectivity index (χ2v) is 10.9. The molecule has 0 unspecified atom stereocenters. The molecule has 10 nitrogen and oxygen atoms in total. The molecule has 0 aliphatic carbocycles. The molecule has 0 saturated heterocycles. The number of sulfonamides is 1. The minimum Gasteiger partial charge on any atom is -0.480 e. The monoisotopic (exact) mass is 524 g/mol. The van der Waals surface area contributed by atoms with Gasteiger partial charge in [0, 0.05) is 48.0 Å². The number of carbonyl (C=O) groups is 2. The number of anilines is 3. The van der Waals surface area contributed by atoms with Crippen molar-refractivity contribution in [2.24, 2.45) is 5.92 Å². The van der Waals surface area contributed by atoms with Gasteiger partial charge < -0.3 is 25.1 Å². The summed E-state index contributed by atoms with van der Waals surface area (Å²) in [6.45, 7) is 3.24. The summed E-state index contributed by atoms with van der Waals surface area (Å²) in [5, 5.41) is 16.2. The molecular weight excluding hydrogens is 496 g/mol. The average Bonchev–Trinajstić information content (AvgIpc) is 3.19. The first kappa shape index (κ1) is 26.0. The van der Waals surface area contributed by atoms with Crippen LogP contribution in [0, 0.1) is 5.92 Å². The molecule has 4 rings (SSSR count). The Morgan fingerprint density at radius 3 is 2.14 bits per heavy atom. The Morgan fingerprint density at radius 2 is 1.51 bits per heavy atom. The summed E-state index contributed by atoms with van der Waals surface area (Å²) in [7, 11) is -0.231. The van der Waals surface area contributed by atoms with E-state index in [4.69, 9.17) is 4.42 Å². The normalized spacial score (nSPS) is 12.6. The lowest BCUT2D eigenvalue weighted by Gasteiger charge is -2.17. The minimum absolute atomic E-state index is 0.107. The zero-order valence-corrected chi connectivity index (χ0v) is 21.6. The van der Waals surface area contributed by atoms with Crippen molar-refractivity contribution >= 4 is 61.0 Å². The molecule has 1 aromatic heterocycles. The van der Waals surface area contributed by atoms with Gasteiger partial charge in [0.05, 0.1) is 4.90 Å². The first-order valence-corrected chi connectivity index (χ1v) is 13.0. The van der Waals surface area contributed by atoms with E-state index in [2.05, 4.69) is 15.4 Å². The number of furan rings is 1. The number of hydrogen-bond donors (Lipinski definition) is 4. The molecule has 4 aromatic rings. The molecule has 11 heteroatoms. The Morgan fingerprint density at radius 1 is 0.865 bits per heavy atom. The van der Waals surface area contributed by atoms with E-state index in [9.17, 15) is 23.1 Å².